The number of fused-ring (bicyclic) bond motifs is 1. The molecule has 3 nitrogen and oxygen atoms in total. The van der Waals surface area contributed by atoms with E-state index in [1.807, 2.05) is 27.9 Å². The van der Waals surface area contributed by atoms with Gasteiger partial charge in [-0.1, -0.05) is 39.7 Å². The normalized spacial score (nSPS) is 31.4. The van der Waals surface area contributed by atoms with Crippen molar-refractivity contribution < 1.29 is 9.29 Å². The molecular formula is C21H30BrNO2S. The summed E-state index contributed by atoms with van der Waals surface area (Å²) >= 11 is 2.35. The van der Waals surface area contributed by atoms with Gasteiger partial charge in [-0.15, -0.1) is 0 Å². The minimum absolute atomic E-state index is 0.000255. The van der Waals surface area contributed by atoms with Crippen LogP contribution in [0.2, 0.25) is 0 Å². The summed E-state index contributed by atoms with van der Waals surface area (Å²) in [6.07, 6.45) is 5.60. The zero-order chi connectivity index (χ0) is 19.1. The van der Waals surface area contributed by atoms with Gasteiger partial charge in [0.2, 0.25) is 0 Å². The van der Waals surface area contributed by atoms with E-state index in [9.17, 15) is 4.55 Å². The maximum absolute atomic E-state index is 12.9. The molecule has 5 heteroatoms. The first-order chi connectivity index (χ1) is 12.2. The van der Waals surface area contributed by atoms with Crippen LogP contribution in [0.15, 0.2) is 27.1 Å². The standard InChI is InChI=1S/C21H30BrNO2S/c1-6-14-12-21(10-9-18(14)25-5)13-15-7-8-16(22)11-17(15)19(21)23-26(24)20(2,3)4/h7-8,11,14,18H,6,9-10,12-13H2,1-5H3/t14-,18-,21-,26?/m0/s1. The molecule has 2 aliphatic rings. The Labute approximate surface area is 169 Å². The summed E-state index contributed by atoms with van der Waals surface area (Å²) in [7, 11) is 1.83. The molecule has 0 amide bonds. The van der Waals surface area contributed by atoms with Crippen molar-refractivity contribution in [2.75, 3.05) is 7.11 Å². The molecule has 1 aromatic rings. The number of methoxy groups -OCH3 is 1. The lowest BCUT2D eigenvalue weighted by atomic mass is 9.65. The van der Waals surface area contributed by atoms with Crippen molar-refractivity contribution >= 4 is 33.0 Å². The Hall–Kier alpha value is -0.360. The van der Waals surface area contributed by atoms with Gasteiger partial charge in [-0.25, -0.2) is 0 Å². The molecule has 144 valence electrons. The lowest BCUT2D eigenvalue weighted by Gasteiger charge is -2.42. The number of halogens is 1. The van der Waals surface area contributed by atoms with Gasteiger partial charge in [0, 0.05) is 22.6 Å². The molecule has 3 rings (SSSR count). The van der Waals surface area contributed by atoms with Crippen LogP contribution in [0, 0.1) is 11.3 Å². The highest BCUT2D eigenvalue weighted by molar-refractivity contribution is 9.10. The van der Waals surface area contributed by atoms with Gasteiger partial charge in [0.1, 0.15) is 21.8 Å². The molecule has 2 aliphatic carbocycles. The average molecular weight is 440 g/mol. The maximum atomic E-state index is 12.9. The predicted molar refractivity (Wildman–Crippen MR) is 113 cm³/mol. The molecule has 1 unspecified atom stereocenters. The van der Waals surface area contributed by atoms with Crippen molar-refractivity contribution in [1.82, 2.24) is 0 Å². The van der Waals surface area contributed by atoms with E-state index in [-0.39, 0.29) is 10.2 Å². The fourth-order valence-corrected chi connectivity index (χ4v) is 5.60. The molecule has 26 heavy (non-hydrogen) atoms. The highest BCUT2D eigenvalue weighted by atomic mass is 79.9. The molecule has 0 bridgehead atoms. The molecule has 0 N–H and O–H groups in total. The zero-order valence-corrected chi connectivity index (χ0v) is 18.9. The minimum Gasteiger partial charge on any atom is -0.591 e. The summed E-state index contributed by atoms with van der Waals surface area (Å²) in [5.41, 5.74) is 3.58. The van der Waals surface area contributed by atoms with Crippen LogP contribution in [0.5, 0.6) is 0 Å². The monoisotopic (exact) mass is 439 g/mol. The molecular weight excluding hydrogens is 410 g/mol. The molecule has 1 saturated carbocycles. The van der Waals surface area contributed by atoms with E-state index in [0.29, 0.717) is 12.0 Å². The lowest BCUT2D eigenvalue weighted by Crippen LogP contribution is -2.42. The molecule has 1 spiro atoms. The SMILES string of the molecule is CC[C@H]1C[C@@]2(CC[C@@H]1OC)Cc1ccc(Br)cc1C2=N[S+]([O-])C(C)(C)C. The molecule has 0 saturated heterocycles. The van der Waals surface area contributed by atoms with E-state index in [0.717, 1.165) is 42.3 Å². The smallest absolute Gasteiger partial charge is 0.144 e. The second kappa shape index (κ2) is 7.57. The highest BCUT2D eigenvalue weighted by Crippen LogP contribution is 2.51. The Balaban J connectivity index is 2.06. The number of nitrogens with zero attached hydrogens (tertiary/aromatic N) is 1. The summed E-state index contributed by atoms with van der Waals surface area (Å²) in [5.74, 6) is 0.528. The van der Waals surface area contributed by atoms with Crippen LogP contribution in [-0.4, -0.2) is 28.2 Å². The number of ether oxygens (including phenoxy) is 1. The number of rotatable bonds is 3. The van der Waals surface area contributed by atoms with Gasteiger partial charge in [-0.3, -0.25) is 0 Å². The largest absolute Gasteiger partial charge is 0.591 e. The Bertz CT molecular complexity index is 700. The van der Waals surface area contributed by atoms with E-state index in [4.69, 9.17) is 9.13 Å². The average Bonchev–Trinajstić information content (AvgIpc) is 2.86. The van der Waals surface area contributed by atoms with Crippen LogP contribution >= 0.6 is 15.9 Å². The third-order valence-corrected chi connectivity index (χ3v) is 7.86. The van der Waals surface area contributed by atoms with Crippen molar-refractivity contribution in [2.24, 2.45) is 15.7 Å². The first-order valence-corrected chi connectivity index (χ1v) is 11.4. The van der Waals surface area contributed by atoms with Gasteiger partial charge in [0.05, 0.1) is 6.10 Å². The zero-order valence-electron chi connectivity index (χ0n) is 16.5. The van der Waals surface area contributed by atoms with Gasteiger partial charge in [0.25, 0.3) is 0 Å². The quantitative estimate of drug-likeness (QED) is 0.586. The summed E-state index contributed by atoms with van der Waals surface area (Å²) in [5, 5.41) is 0. The highest BCUT2D eigenvalue weighted by Gasteiger charge is 2.50. The van der Waals surface area contributed by atoms with Gasteiger partial charge >= 0.3 is 0 Å². The Morgan fingerprint density at radius 1 is 1.38 bits per heavy atom. The summed E-state index contributed by atoms with van der Waals surface area (Å²) < 4.78 is 24.2. The third kappa shape index (κ3) is 3.78. The first kappa shape index (κ1) is 20.4. The van der Waals surface area contributed by atoms with Crippen LogP contribution in [0.1, 0.15) is 64.5 Å². The molecule has 1 aromatic carbocycles. The van der Waals surface area contributed by atoms with Gasteiger partial charge in [0.15, 0.2) is 0 Å². The van der Waals surface area contributed by atoms with Crippen LogP contribution in [0.3, 0.4) is 0 Å². The Kier molecular flexibility index (Phi) is 5.94. The summed E-state index contributed by atoms with van der Waals surface area (Å²) in [6, 6.07) is 6.47. The number of benzene rings is 1. The van der Waals surface area contributed by atoms with E-state index < -0.39 is 11.4 Å². The number of hydrogen-bond donors (Lipinski definition) is 0. The van der Waals surface area contributed by atoms with E-state index >= 15 is 0 Å². The van der Waals surface area contributed by atoms with Crippen LogP contribution in [0.4, 0.5) is 0 Å². The van der Waals surface area contributed by atoms with Crippen LogP contribution in [-0.2, 0) is 22.5 Å². The molecule has 0 heterocycles. The number of hydrogen-bond acceptors (Lipinski definition) is 3. The minimum atomic E-state index is -1.25. The van der Waals surface area contributed by atoms with Crippen LogP contribution < -0.4 is 0 Å². The fourth-order valence-electron chi connectivity index (χ4n) is 4.51. The van der Waals surface area contributed by atoms with Crippen molar-refractivity contribution in [3.05, 3.63) is 33.8 Å². The third-order valence-electron chi connectivity index (χ3n) is 5.97. The van der Waals surface area contributed by atoms with Crippen LogP contribution in [0.25, 0.3) is 0 Å². The van der Waals surface area contributed by atoms with Gasteiger partial charge < -0.3 is 9.29 Å². The second-order valence-corrected chi connectivity index (χ2v) is 11.6. The summed E-state index contributed by atoms with van der Waals surface area (Å²) in [6.45, 7) is 8.23. The molecule has 0 aliphatic heterocycles. The first-order valence-electron chi connectivity index (χ1n) is 9.53. The van der Waals surface area contributed by atoms with Crippen molar-refractivity contribution in [2.45, 2.75) is 70.7 Å². The molecule has 0 aromatic heterocycles. The van der Waals surface area contributed by atoms with Gasteiger partial charge in [-0.05, 0) is 70.1 Å². The second-order valence-electron chi connectivity index (χ2n) is 8.75. The Morgan fingerprint density at radius 3 is 2.73 bits per heavy atom. The molecule has 4 atom stereocenters. The topological polar surface area (TPSA) is 44.6 Å². The van der Waals surface area contributed by atoms with Crippen molar-refractivity contribution in [3.8, 4) is 0 Å². The predicted octanol–water partition coefficient (Wildman–Crippen LogP) is 5.47. The van der Waals surface area contributed by atoms with E-state index in [1.54, 1.807) is 0 Å². The Morgan fingerprint density at radius 2 is 2.12 bits per heavy atom. The molecule has 0 radical (unpaired) electrons. The van der Waals surface area contributed by atoms with E-state index in [2.05, 4.69) is 41.1 Å². The van der Waals surface area contributed by atoms with Crippen molar-refractivity contribution in [3.63, 3.8) is 0 Å². The van der Waals surface area contributed by atoms with E-state index in [1.165, 1.54) is 11.1 Å². The lowest BCUT2D eigenvalue weighted by molar-refractivity contribution is -0.00383. The van der Waals surface area contributed by atoms with Gasteiger partial charge in [-0.2, -0.15) is 0 Å². The molecule has 1 fully saturated rings. The maximum Gasteiger partial charge on any atom is 0.144 e. The summed E-state index contributed by atoms with van der Waals surface area (Å²) in [4.78, 5) is 0. The fraction of sp³-hybridized carbons (Fsp3) is 0.667. The van der Waals surface area contributed by atoms with Crippen molar-refractivity contribution in [1.29, 1.82) is 0 Å².